The number of nitrogens with zero attached hydrogens (tertiary/aromatic N) is 2. The lowest BCUT2D eigenvalue weighted by Gasteiger charge is -2.27. The van der Waals surface area contributed by atoms with Crippen molar-refractivity contribution < 1.29 is 0 Å². The summed E-state index contributed by atoms with van der Waals surface area (Å²) in [6, 6.07) is 2.27. The number of nitrogens with one attached hydrogen (secondary N) is 1. The van der Waals surface area contributed by atoms with E-state index in [0.29, 0.717) is 11.8 Å². The van der Waals surface area contributed by atoms with Crippen LogP contribution in [0.15, 0.2) is 41.2 Å². The first-order valence-electron chi connectivity index (χ1n) is 7.81. The van der Waals surface area contributed by atoms with E-state index < -0.39 is 0 Å². The van der Waals surface area contributed by atoms with Gasteiger partial charge in [-0.3, -0.25) is 4.99 Å². The molecule has 4 rings (SSSR count). The van der Waals surface area contributed by atoms with Crippen molar-refractivity contribution in [2.24, 2.45) is 16.8 Å². The van der Waals surface area contributed by atoms with Gasteiger partial charge >= 0.3 is 0 Å². The van der Waals surface area contributed by atoms with Gasteiger partial charge < -0.3 is 9.88 Å². The van der Waals surface area contributed by atoms with Crippen molar-refractivity contribution in [1.82, 2.24) is 9.88 Å². The van der Waals surface area contributed by atoms with Crippen LogP contribution in [0.25, 0.3) is 11.3 Å². The number of aliphatic imine (C=N–C) groups is 1. The number of aromatic nitrogens is 1. The molecule has 0 aromatic carbocycles. The van der Waals surface area contributed by atoms with Gasteiger partial charge in [-0.05, 0) is 43.5 Å². The highest BCUT2D eigenvalue weighted by Crippen LogP contribution is 2.38. The highest BCUT2D eigenvalue weighted by molar-refractivity contribution is 6.12. The summed E-state index contributed by atoms with van der Waals surface area (Å²) in [6.07, 6.45) is 13.4. The number of aryl methyl sites for hydroxylation is 1. The lowest BCUT2D eigenvalue weighted by Crippen LogP contribution is -2.27. The summed E-state index contributed by atoms with van der Waals surface area (Å²) in [6.45, 7) is 3.24. The molecule has 1 N–H and O–H groups in total. The zero-order valence-corrected chi connectivity index (χ0v) is 15.1. The van der Waals surface area contributed by atoms with Gasteiger partial charge in [0.1, 0.15) is 0 Å². The van der Waals surface area contributed by atoms with Gasteiger partial charge in [-0.2, -0.15) is 0 Å². The summed E-state index contributed by atoms with van der Waals surface area (Å²) in [5.74, 6) is 0.951. The Labute approximate surface area is 150 Å². The molecule has 1 aromatic heterocycles. The highest BCUT2D eigenvalue weighted by atomic mass is 35.5. The largest absolute Gasteiger partial charge is 0.319 e. The van der Waals surface area contributed by atoms with Crippen LogP contribution in [-0.4, -0.2) is 24.4 Å². The Kier molecular flexibility index (Phi) is 5.56. The summed E-state index contributed by atoms with van der Waals surface area (Å²) in [5.41, 5.74) is 6.53. The molecule has 0 saturated heterocycles. The minimum absolute atomic E-state index is 0. The number of allylic oxidation sites excluding steroid dienone is 5. The van der Waals surface area contributed by atoms with Crippen molar-refractivity contribution in [2.45, 2.75) is 19.8 Å². The molecule has 1 aromatic rings. The topological polar surface area (TPSA) is 29.3 Å². The molecule has 0 radical (unpaired) electrons. The number of fused-ring (bicyclic) bond motifs is 1. The van der Waals surface area contributed by atoms with E-state index in [0.717, 1.165) is 19.4 Å². The van der Waals surface area contributed by atoms with Crippen LogP contribution in [-0.2, 0) is 6.42 Å². The second-order valence-electron chi connectivity index (χ2n) is 6.17. The molecule has 0 fully saturated rings. The second-order valence-corrected chi connectivity index (χ2v) is 6.17. The van der Waals surface area contributed by atoms with Gasteiger partial charge in [-0.1, -0.05) is 19.1 Å². The smallest absolute Gasteiger partial charge is 0.0693 e. The molecule has 0 saturated carbocycles. The van der Waals surface area contributed by atoms with Crippen LogP contribution in [0, 0.1) is 11.8 Å². The molecule has 3 nitrogen and oxygen atoms in total. The van der Waals surface area contributed by atoms with E-state index in [1.54, 1.807) is 0 Å². The Morgan fingerprint density at radius 2 is 2.17 bits per heavy atom. The maximum Gasteiger partial charge on any atom is 0.0693 e. The normalized spacial score (nSPS) is 24.0. The monoisotopic (exact) mass is 351 g/mol. The number of hydrogen-bond acceptors (Lipinski definition) is 2. The average molecular weight is 352 g/mol. The molecule has 0 bridgehead atoms. The van der Waals surface area contributed by atoms with Gasteiger partial charge in [-0.15, -0.1) is 24.8 Å². The van der Waals surface area contributed by atoms with E-state index in [-0.39, 0.29) is 24.8 Å². The third kappa shape index (κ3) is 2.82. The maximum atomic E-state index is 4.88. The average Bonchev–Trinajstić information content (AvgIpc) is 2.85. The first-order valence-corrected chi connectivity index (χ1v) is 7.81. The highest BCUT2D eigenvalue weighted by Gasteiger charge is 2.29. The lowest BCUT2D eigenvalue weighted by molar-refractivity contribution is 0.456. The predicted octanol–water partition coefficient (Wildman–Crippen LogP) is 3.96. The van der Waals surface area contributed by atoms with E-state index in [2.05, 4.69) is 53.5 Å². The molecule has 2 atom stereocenters. The SMILES string of the molecule is CNCC1C2=C(C=CC1C)n1ccc3c1C(=CCC3)C=N2.Cl.Cl. The number of halogens is 2. The van der Waals surface area contributed by atoms with Crippen molar-refractivity contribution in [3.63, 3.8) is 0 Å². The molecule has 3 aliphatic rings. The van der Waals surface area contributed by atoms with Gasteiger partial charge in [0.2, 0.25) is 0 Å². The summed E-state index contributed by atoms with van der Waals surface area (Å²) in [7, 11) is 2.02. The second kappa shape index (κ2) is 7.08. The molecule has 1 aliphatic heterocycles. The summed E-state index contributed by atoms with van der Waals surface area (Å²) >= 11 is 0. The standard InChI is InChI=1S/C18H21N3.2ClH/c1-12-6-7-16-17(15(12)11-19-2)20-10-14-5-3-4-13-8-9-21(16)18(13)14;;/h5-10,12,15,19H,3-4,11H2,1-2H3;2*1H. The maximum absolute atomic E-state index is 4.88. The number of rotatable bonds is 2. The van der Waals surface area contributed by atoms with E-state index in [9.17, 15) is 0 Å². The quantitative estimate of drug-likeness (QED) is 0.858. The predicted molar refractivity (Wildman–Crippen MR) is 103 cm³/mol. The fraction of sp³-hybridized carbons (Fsp3) is 0.389. The van der Waals surface area contributed by atoms with Gasteiger partial charge in [0.05, 0.1) is 17.1 Å². The number of hydrogen-bond donors (Lipinski definition) is 1. The third-order valence-corrected chi connectivity index (χ3v) is 4.85. The lowest BCUT2D eigenvalue weighted by atomic mass is 9.85. The molecule has 5 heteroatoms. The Bertz CT molecular complexity index is 710. The van der Waals surface area contributed by atoms with Crippen LogP contribution in [0.4, 0.5) is 0 Å². The summed E-state index contributed by atoms with van der Waals surface area (Å²) < 4.78 is 2.34. The van der Waals surface area contributed by atoms with E-state index >= 15 is 0 Å². The molecule has 2 aliphatic carbocycles. The summed E-state index contributed by atoms with van der Waals surface area (Å²) in [5, 5.41) is 3.32. The zero-order chi connectivity index (χ0) is 14.4. The molecule has 0 spiro atoms. The van der Waals surface area contributed by atoms with Crippen LogP contribution in [0.5, 0.6) is 0 Å². The first kappa shape index (κ1) is 18.1. The molecular formula is C18H23Cl2N3. The fourth-order valence-corrected chi connectivity index (χ4v) is 3.70. The van der Waals surface area contributed by atoms with Gasteiger partial charge in [0.15, 0.2) is 0 Å². The molecule has 0 amide bonds. The van der Waals surface area contributed by atoms with Crippen LogP contribution in [0.3, 0.4) is 0 Å². The molecule has 2 heterocycles. The first-order chi connectivity index (χ1) is 10.3. The van der Waals surface area contributed by atoms with E-state index in [1.807, 2.05) is 7.05 Å². The summed E-state index contributed by atoms with van der Waals surface area (Å²) in [4.78, 5) is 4.88. The fourth-order valence-electron chi connectivity index (χ4n) is 3.70. The van der Waals surface area contributed by atoms with Crippen molar-refractivity contribution in [3.8, 4) is 0 Å². The Balaban J connectivity index is 0.000000960. The Morgan fingerprint density at radius 1 is 1.35 bits per heavy atom. The van der Waals surface area contributed by atoms with Crippen LogP contribution in [0.1, 0.15) is 24.6 Å². The zero-order valence-electron chi connectivity index (χ0n) is 13.5. The van der Waals surface area contributed by atoms with Crippen molar-refractivity contribution in [3.05, 3.63) is 47.4 Å². The van der Waals surface area contributed by atoms with Crippen LogP contribution >= 0.6 is 24.8 Å². The molecule has 23 heavy (non-hydrogen) atoms. The Hall–Kier alpha value is -1.29. The van der Waals surface area contributed by atoms with Gasteiger partial charge in [0.25, 0.3) is 0 Å². The van der Waals surface area contributed by atoms with Crippen molar-refractivity contribution in [2.75, 3.05) is 13.6 Å². The molecule has 124 valence electrons. The van der Waals surface area contributed by atoms with Crippen LogP contribution < -0.4 is 5.32 Å². The van der Waals surface area contributed by atoms with Crippen LogP contribution in [0.2, 0.25) is 0 Å². The van der Waals surface area contributed by atoms with E-state index in [4.69, 9.17) is 4.99 Å². The van der Waals surface area contributed by atoms with E-state index in [1.165, 1.54) is 28.2 Å². The van der Waals surface area contributed by atoms with Gasteiger partial charge in [0, 0.05) is 30.4 Å². The minimum atomic E-state index is 0. The minimum Gasteiger partial charge on any atom is -0.319 e. The third-order valence-electron chi connectivity index (χ3n) is 4.85. The molecule has 2 unspecified atom stereocenters. The molecular weight excluding hydrogens is 329 g/mol. The Morgan fingerprint density at radius 3 is 2.96 bits per heavy atom. The van der Waals surface area contributed by atoms with Crippen molar-refractivity contribution in [1.29, 1.82) is 0 Å². The van der Waals surface area contributed by atoms with Gasteiger partial charge in [-0.25, -0.2) is 0 Å². The van der Waals surface area contributed by atoms with Crippen molar-refractivity contribution >= 4 is 42.3 Å².